The van der Waals surface area contributed by atoms with Gasteiger partial charge in [0.2, 0.25) is 5.92 Å². The van der Waals surface area contributed by atoms with Crippen molar-refractivity contribution in [3.8, 4) is 5.75 Å². The summed E-state index contributed by atoms with van der Waals surface area (Å²) in [6, 6.07) is 4.27. The van der Waals surface area contributed by atoms with Crippen LogP contribution in [-0.4, -0.2) is 19.1 Å². The number of nitrogens with one attached hydrogen (secondary N) is 1. The lowest BCUT2D eigenvalue weighted by Crippen LogP contribution is -2.23. The maximum Gasteiger partial charge on any atom is 0.248 e. The van der Waals surface area contributed by atoms with Crippen molar-refractivity contribution in [3.63, 3.8) is 0 Å². The maximum atomic E-state index is 13.2. The van der Waals surface area contributed by atoms with E-state index in [4.69, 9.17) is 4.74 Å². The molecule has 0 aromatic heterocycles. The Bertz CT molecular complexity index is 573. The van der Waals surface area contributed by atoms with Crippen molar-refractivity contribution in [1.29, 1.82) is 0 Å². The lowest BCUT2D eigenvalue weighted by atomic mass is 9.86. The van der Waals surface area contributed by atoms with E-state index in [1.165, 1.54) is 5.56 Å². The Morgan fingerprint density at radius 2 is 2.09 bits per heavy atom. The summed E-state index contributed by atoms with van der Waals surface area (Å²) in [6.45, 7) is 3.81. The Labute approximate surface area is 136 Å². The van der Waals surface area contributed by atoms with Gasteiger partial charge in [-0.1, -0.05) is 19.1 Å². The van der Waals surface area contributed by atoms with Crippen LogP contribution in [0, 0.1) is 5.92 Å². The number of anilines is 1. The minimum absolute atomic E-state index is 0.00864. The van der Waals surface area contributed by atoms with E-state index >= 15 is 0 Å². The van der Waals surface area contributed by atoms with Gasteiger partial charge in [0.05, 0.1) is 6.61 Å². The molecule has 0 amide bonds. The monoisotopic (exact) mass is 321 g/mol. The van der Waals surface area contributed by atoms with Gasteiger partial charge >= 0.3 is 0 Å². The molecule has 2 nitrogen and oxygen atoms in total. The number of fused-ring (bicyclic) bond motifs is 1. The lowest BCUT2D eigenvalue weighted by Gasteiger charge is -2.26. The molecule has 4 heteroatoms. The molecular weight excluding hydrogens is 296 g/mol. The van der Waals surface area contributed by atoms with Gasteiger partial charge < -0.3 is 10.1 Å². The highest BCUT2D eigenvalue weighted by atomic mass is 19.3. The molecule has 126 valence electrons. The zero-order valence-electron chi connectivity index (χ0n) is 13.7. The van der Waals surface area contributed by atoms with E-state index in [0.29, 0.717) is 12.8 Å². The molecule has 0 saturated heterocycles. The minimum Gasteiger partial charge on any atom is -0.492 e. The van der Waals surface area contributed by atoms with Gasteiger partial charge in [-0.05, 0) is 37.3 Å². The third-order valence-electron chi connectivity index (χ3n) is 4.70. The van der Waals surface area contributed by atoms with Crippen LogP contribution in [0.15, 0.2) is 18.2 Å². The first kappa shape index (κ1) is 16.3. The highest BCUT2D eigenvalue weighted by Gasteiger charge is 2.33. The minimum atomic E-state index is -2.46. The summed E-state index contributed by atoms with van der Waals surface area (Å²) >= 11 is 0. The maximum absolute atomic E-state index is 13.2. The van der Waals surface area contributed by atoms with Crippen molar-refractivity contribution in [2.45, 2.75) is 51.4 Å². The van der Waals surface area contributed by atoms with Gasteiger partial charge in [0.1, 0.15) is 5.75 Å². The summed E-state index contributed by atoms with van der Waals surface area (Å²) in [7, 11) is 0. The van der Waals surface area contributed by atoms with Crippen LogP contribution >= 0.6 is 0 Å². The fourth-order valence-electron chi connectivity index (χ4n) is 3.33. The van der Waals surface area contributed by atoms with Gasteiger partial charge in [0.25, 0.3) is 0 Å². The zero-order chi connectivity index (χ0) is 16.3. The molecule has 0 bridgehead atoms. The van der Waals surface area contributed by atoms with E-state index < -0.39 is 5.92 Å². The Hall–Kier alpha value is -1.58. The molecule has 23 heavy (non-hydrogen) atoms. The largest absolute Gasteiger partial charge is 0.492 e. The molecular formula is C19H25F2NO. The van der Waals surface area contributed by atoms with E-state index in [2.05, 4.69) is 36.5 Å². The lowest BCUT2D eigenvalue weighted by molar-refractivity contribution is -0.0410. The van der Waals surface area contributed by atoms with Crippen molar-refractivity contribution in [2.24, 2.45) is 5.92 Å². The second kappa shape index (κ2) is 6.90. The molecule has 1 saturated carbocycles. The van der Waals surface area contributed by atoms with Gasteiger partial charge in [0, 0.05) is 42.6 Å². The number of hydrogen-bond donors (Lipinski definition) is 1. The molecule has 1 aliphatic carbocycles. The van der Waals surface area contributed by atoms with E-state index in [0.717, 1.165) is 43.0 Å². The quantitative estimate of drug-likeness (QED) is 0.796. The number of ether oxygens (including phenoxy) is 1. The molecule has 3 rings (SSSR count). The molecule has 2 aliphatic rings. The molecule has 0 spiro atoms. The number of alkyl halides is 2. The smallest absolute Gasteiger partial charge is 0.248 e. The normalized spacial score (nSPS) is 20.5. The topological polar surface area (TPSA) is 21.3 Å². The summed E-state index contributed by atoms with van der Waals surface area (Å²) in [6.07, 6.45) is 7.33. The van der Waals surface area contributed by atoms with Crippen LogP contribution in [0.4, 0.5) is 14.5 Å². The Morgan fingerprint density at radius 3 is 2.83 bits per heavy atom. The third kappa shape index (κ3) is 4.04. The average molecular weight is 321 g/mol. The number of rotatable bonds is 5. The van der Waals surface area contributed by atoms with Crippen molar-refractivity contribution in [3.05, 3.63) is 29.3 Å². The number of halogens is 2. The van der Waals surface area contributed by atoms with Crippen LogP contribution in [0.2, 0.25) is 0 Å². The van der Waals surface area contributed by atoms with Gasteiger partial charge in [-0.3, -0.25) is 0 Å². The van der Waals surface area contributed by atoms with Crippen LogP contribution in [0.3, 0.4) is 0 Å². The number of hydrogen-bond acceptors (Lipinski definition) is 2. The predicted octanol–water partition coefficient (Wildman–Crippen LogP) is 5.28. The molecule has 1 N–H and O–H groups in total. The summed E-state index contributed by atoms with van der Waals surface area (Å²) in [4.78, 5) is 0. The molecule has 1 aromatic carbocycles. The summed E-state index contributed by atoms with van der Waals surface area (Å²) in [5, 5.41) is 3.42. The van der Waals surface area contributed by atoms with Crippen molar-refractivity contribution >= 4 is 11.8 Å². The Balaban J connectivity index is 1.74. The molecule has 0 atom stereocenters. The van der Waals surface area contributed by atoms with Crippen molar-refractivity contribution in [1.82, 2.24) is 0 Å². The fraction of sp³-hybridized carbons (Fsp3) is 0.579. The van der Waals surface area contributed by atoms with Crippen LogP contribution in [0.5, 0.6) is 5.75 Å². The molecule has 0 unspecified atom stereocenters. The zero-order valence-corrected chi connectivity index (χ0v) is 13.7. The first-order chi connectivity index (χ1) is 11.1. The molecule has 1 heterocycles. The SMILES string of the molecule is CCCNc1cc(/C=C/C2CCC(F)(F)CC2)c2c(c1)CCO2. The van der Waals surface area contributed by atoms with E-state index in [1.807, 2.05) is 0 Å². The summed E-state index contributed by atoms with van der Waals surface area (Å²) in [5.74, 6) is -1.25. The van der Waals surface area contributed by atoms with Crippen LogP contribution < -0.4 is 10.1 Å². The molecule has 1 aromatic rings. The predicted molar refractivity (Wildman–Crippen MR) is 90.4 cm³/mol. The second-order valence-corrected chi connectivity index (χ2v) is 6.63. The summed E-state index contributed by atoms with van der Waals surface area (Å²) < 4.78 is 32.2. The van der Waals surface area contributed by atoms with Gasteiger partial charge in [-0.15, -0.1) is 0 Å². The van der Waals surface area contributed by atoms with E-state index in [1.54, 1.807) is 0 Å². The standard InChI is InChI=1S/C19H25F2NO/c1-2-10-22-17-12-15(18-16(13-17)7-11-23-18)4-3-14-5-8-19(20,21)9-6-14/h3-4,12-14,22H,2,5-11H2,1H3/b4-3+. The third-order valence-corrected chi connectivity index (χ3v) is 4.70. The van der Waals surface area contributed by atoms with E-state index in [9.17, 15) is 8.78 Å². The Morgan fingerprint density at radius 1 is 1.30 bits per heavy atom. The van der Waals surface area contributed by atoms with Crippen molar-refractivity contribution in [2.75, 3.05) is 18.5 Å². The molecule has 1 aliphatic heterocycles. The molecule has 1 fully saturated rings. The summed E-state index contributed by atoms with van der Waals surface area (Å²) in [5.41, 5.74) is 3.42. The van der Waals surface area contributed by atoms with Gasteiger partial charge in [-0.2, -0.15) is 0 Å². The molecule has 0 radical (unpaired) electrons. The van der Waals surface area contributed by atoms with Crippen LogP contribution in [-0.2, 0) is 6.42 Å². The highest BCUT2D eigenvalue weighted by Crippen LogP contribution is 2.38. The van der Waals surface area contributed by atoms with Gasteiger partial charge in [0.15, 0.2) is 0 Å². The average Bonchev–Trinajstić information content (AvgIpc) is 3.00. The van der Waals surface area contributed by atoms with Crippen LogP contribution in [0.25, 0.3) is 6.08 Å². The van der Waals surface area contributed by atoms with E-state index in [-0.39, 0.29) is 18.8 Å². The number of allylic oxidation sites excluding steroid dienone is 1. The first-order valence-electron chi connectivity index (χ1n) is 8.67. The van der Waals surface area contributed by atoms with Crippen molar-refractivity contribution < 1.29 is 13.5 Å². The number of benzene rings is 1. The van der Waals surface area contributed by atoms with Gasteiger partial charge in [-0.25, -0.2) is 8.78 Å². The Kier molecular flexibility index (Phi) is 4.88. The highest BCUT2D eigenvalue weighted by molar-refractivity contribution is 5.67. The first-order valence-corrected chi connectivity index (χ1v) is 8.67. The second-order valence-electron chi connectivity index (χ2n) is 6.63. The van der Waals surface area contributed by atoms with Crippen LogP contribution in [0.1, 0.15) is 50.2 Å². The fourth-order valence-corrected chi connectivity index (χ4v) is 3.33.